The van der Waals surface area contributed by atoms with Crippen molar-refractivity contribution < 1.29 is 9.90 Å². The Morgan fingerprint density at radius 3 is 2.57 bits per heavy atom. The van der Waals surface area contributed by atoms with E-state index in [1.807, 2.05) is 36.5 Å². The summed E-state index contributed by atoms with van der Waals surface area (Å²) in [6.45, 7) is 2.79. The lowest BCUT2D eigenvalue weighted by atomic mass is 9.85. The summed E-state index contributed by atoms with van der Waals surface area (Å²) >= 11 is 0. The minimum absolute atomic E-state index is 0.317. The zero-order valence-corrected chi connectivity index (χ0v) is 16.9. The van der Waals surface area contributed by atoms with Gasteiger partial charge in [-0.15, -0.1) is 0 Å². The van der Waals surface area contributed by atoms with Crippen molar-refractivity contribution in [2.45, 2.75) is 38.6 Å². The summed E-state index contributed by atoms with van der Waals surface area (Å²) in [5.41, 5.74) is 6.19. The molecule has 150 valence electrons. The number of carboxylic acids is 1. The summed E-state index contributed by atoms with van der Waals surface area (Å²) in [6.07, 6.45) is 5.49. The monoisotopic (exact) mass is 397 g/mol. The largest absolute Gasteiger partial charge is 0.478 e. The van der Waals surface area contributed by atoms with Crippen LogP contribution in [0.2, 0.25) is 0 Å². The fraction of sp³-hybridized carbons (Fsp3) is 0.240. The first-order valence-corrected chi connectivity index (χ1v) is 10.3. The standard InChI is InChI=1S/C25H23N3O2/c1-16-13-14-26-24-22(16)27-23(19-5-4-6-19)28(24)15-17-9-11-18(12-10-17)20-7-2-3-8-21(20)25(29)30/h2-3,7-14,19H,4-6,15H2,1H3,(H,29,30). The quantitative estimate of drug-likeness (QED) is 0.488. The fourth-order valence-electron chi connectivity index (χ4n) is 4.18. The summed E-state index contributed by atoms with van der Waals surface area (Å²) in [6, 6.07) is 17.3. The van der Waals surface area contributed by atoms with E-state index in [4.69, 9.17) is 4.98 Å². The van der Waals surface area contributed by atoms with Gasteiger partial charge in [0.1, 0.15) is 11.3 Å². The molecule has 0 atom stereocenters. The van der Waals surface area contributed by atoms with Crippen LogP contribution < -0.4 is 0 Å². The summed E-state index contributed by atoms with van der Waals surface area (Å²) < 4.78 is 2.26. The first-order chi connectivity index (χ1) is 14.6. The average molecular weight is 397 g/mol. The van der Waals surface area contributed by atoms with E-state index in [0.717, 1.165) is 39.2 Å². The maximum absolute atomic E-state index is 11.5. The van der Waals surface area contributed by atoms with Crippen molar-refractivity contribution in [2.75, 3.05) is 0 Å². The van der Waals surface area contributed by atoms with E-state index < -0.39 is 5.97 Å². The van der Waals surface area contributed by atoms with Crippen LogP contribution in [0, 0.1) is 6.92 Å². The van der Waals surface area contributed by atoms with Crippen LogP contribution in [0.25, 0.3) is 22.3 Å². The fourth-order valence-corrected chi connectivity index (χ4v) is 4.18. The number of hydrogen-bond acceptors (Lipinski definition) is 3. The van der Waals surface area contributed by atoms with Gasteiger partial charge in [-0.25, -0.2) is 14.8 Å². The molecule has 5 rings (SSSR count). The molecule has 1 aliphatic carbocycles. The summed E-state index contributed by atoms with van der Waals surface area (Å²) in [5.74, 6) is 0.741. The maximum Gasteiger partial charge on any atom is 0.336 e. The van der Waals surface area contributed by atoms with Crippen LogP contribution in [0.1, 0.15) is 52.5 Å². The number of fused-ring (bicyclic) bond motifs is 1. The van der Waals surface area contributed by atoms with E-state index >= 15 is 0 Å². The number of benzene rings is 2. The lowest BCUT2D eigenvalue weighted by Gasteiger charge is -2.25. The third-order valence-corrected chi connectivity index (χ3v) is 6.10. The van der Waals surface area contributed by atoms with Gasteiger partial charge < -0.3 is 9.67 Å². The number of aromatic nitrogens is 3. The first kappa shape index (κ1) is 18.6. The number of rotatable bonds is 5. The van der Waals surface area contributed by atoms with Gasteiger partial charge in [-0.2, -0.15) is 0 Å². The molecule has 1 N–H and O–H groups in total. The van der Waals surface area contributed by atoms with Crippen molar-refractivity contribution in [2.24, 2.45) is 0 Å². The van der Waals surface area contributed by atoms with Crippen LogP contribution in [-0.4, -0.2) is 25.6 Å². The highest BCUT2D eigenvalue weighted by molar-refractivity contribution is 5.96. The van der Waals surface area contributed by atoms with Crippen LogP contribution in [0.3, 0.4) is 0 Å². The van der Waals surface area contributed by atoms with Crippen molar-refractivity contribution in [3.63, 3.8) is 0 Å². The third kappa shape index (κ3) is 3.16. The first-order valence-electron chi connectivity index (χ1n) is 10.3. The number of nitrogens with zero attached hydrogens (tertiary/aromatic N) is 3. The number of carbonyl (C=O) groups is 1. The molecule has 5 heteroatoms. The van der Waals surface area contributed by atoms with Gasteiger partial charge in [-0.05, 0) is 54.2 Å². The number of carboxylic acid groups (broad SMARTS) is 1. The average Bonchev–Trinajstić information content (AvgIpc) is 3.07. The second-order valence-electron chi connectivity index (χ2n) is 8.03. The van der Waals surface area contributed by atoms with Gasteiger partial charge in [0.25, 0.3) is 0 Å². The van der Waals surface area contributed by atoms with Crippen molar-refractivity contribution in [3.05, 3.63) is 83.3 Å². The molecule has 0 bridgehead atoms. The highest BCUT2D eigenvalue weighted by atomic mass is 16.4. The smallest absolute Gasteiger partial charge is 0.336 e. The topological polar surface area (TPSA) is 68.0 Å². The Morgan fingerprint density at radius 1 is 1.10 bits per heavy atom. The van der Waals surface area contributed by atoms with E-state index in [0.29, 0.717) is 18.0 Å². The highest BCUT2D eigenvalue weighted by Crippen LogP contribution is 2.37. The normalized spacial score (nSPS) is 14.0. The minimum atomic E-state index is -0.911. The second kappa shape index (κ2) is 7.41. The van der Waals surface area contributed by atoms with Crippen molar-refractivity contribution in [1.82, 2.24) is 14.5 Å². The van der Waals surface area contributed by atoms with E-state index in [1.54, 1.807) is 12.1 Å². The Hall–Kier alpha value is -3.47. The van der Waals surface area contributed by atoms with Crippen LogP contribution >= 0.6 is 0 Å². The highest BCUT2D eigenvalue weighted by Gasteiger charge is 2.26. The minimum Gasteiger partial charge on any atom is -0.478 e. The van der Waals surface area contributed by atoms with Gasteiger partial charge >= 0.3 is 5.97 Å². The lowest BCUT2D eigenvalue weighted by Crippen LogP contribution is -2.16. The zero-order chi connectivity index (χ0) is 20.7. The van der Waals surface area contributed by atoms with Crippen molar-refractivity contribution in [1.29, 1.82) is 0 Å². The molecule has 0 spiro atoms. The second-order valence-corrected chi connectivity index (χ2v) is 8.03. The third-order valence-electron chi connectivity index (χ3n) is 6.10. The molecule has 2 heterocycles. The van der Waals surface area contributed by atoms with Gasteiger partial charge in [0.2, 0.25) is 0 Å². The number of pyridine rings is 1. The van der Waals surface area contributed by atoms with Gasteiger partial charge in [0, 0.05) is 12.1 Å². The molecule has 1 aliphatic rings. The van der Waals surface area contributed by atoms with E-state index in [9.17, 15) is 9.90 Å². The van der Waals surface area contributed by atoms with Crippen molar-refractivity contribution >= 4 is 17.1 Å². The molecule has 0 unspecified atom stereocenters. The Labute approximate surface area is 175 Å². The van der Waals surface area contributed by atoms with Crippen molar-refractivity contribution in [3.8, 4) is 11.1 Å². The van der Waals surface area contributed by atoms with Gasteiger partial charge in [-0.3, -0.25) is 0 Å². The SMILES string of the molecule is Cc1ccnc2c1nc(C1CCC1)n2Cc1ccc(-c2ccccc2C(=O)O)cc1. The molecule has 0 amide bonds. The number of imidazole rings is 1. The molecule has 30 heavy (non-hydrogen) atoms. The van der Waals surface area contributed by atoms with Crippen LogP contribution in [0.15, 0.2) is 60.8 Å². The number of aromatic carboxylic acids is 1. The summed E-state index contributed by atoms with van der Waals surface area (Å²) in [4.78, 5) is 21.1. The molecule has 2 aromatic carbocycles. The molecule has 0 aliphatic heterocycles. The van der Waals surface area contributed by atoms with Gasteiger partial charge in [0.15, 0.2) is 5.65 Å². The number of hydrogen-bond donors (Lipinski definition) is 1. The van der Waals surface area contributed by atoms with E-state index in [2.05, 4.69) is 28.6 Å². The lowest BCUT2D eigenvalue weighted by molar-refractivity contribution is 0.0697. The molecule has 0 radical (unpaired) electrons. The van der Waals surface area contributed by atoms with E-state index in [-0.39, 0.29) is 0 Å². The summed E-state index contributed by atoms with van der Waals surface area (Å²) in [7, 11) is 0. The molecular weight excluding hydrogens is 374 g/mol. The van der Waals surface area contributed by atoms with Crippen LogP contribution in [0.5, 0.6) is 0 Å². The van der Waals surface area contributed by atoms with Gasteiger partial charge in [-0.1, -0.05) is 48.9 Å². The Morgan fingerprint density at radius 2 is 1.87 bits per heavy atom. The zero-order valence-electron chi connectivity index (χ0n) is 16.9. The molecule has 1 fully saturated rings. The van der Waals surface area contributed by atoms with Gasteiger partial charge in [0.05, 0.1) is 12.1 Å². The Balaban J connectivity index is 1.51. The Bertz CT molecular complexity index is 1240. The predicted octanol–water partition coefficient (Wildman–Crippen LogP) is 5.42. The summed E-state index contributed by atoms with van der Waals surface area (Å²) in [5, 5.41) is 9.47. The maximum atomic E-state index is 11.5. The van der Waals surface area contributed by atoms with E-state index in [1.165, 1.54) is 19.3 Å². The molecule has 2 aromatic heterocycles. The molecule has 1 saturated carbocycles. The molecule has 5 nitrogen and oxygen atoms in total. The molecule has 4 aromatic rings. The van der Waals surface area contributed by atoms with Crippen LogP contribution in [-0.2, 0) is 6.54 Å². The predicted molar refractivity (Wildman–Crippen MR) is 117 cm³/mol. The molecule has 0 saturated heterocycles. The Kier molecular flexibility index (Phi) is 4.58. The van der Waals surface area contributed by atoms with Crippen LogP contribution in [0.4, 0.5) is 0 Å². The number of aryl methyl sites for hydroxylation is 1. The molecular formula is C25H23N3O2.